The first-order valence-corrected chi connectivity index (χ1v) is 5.90. The van der Waals surface area contributed by atoms with Crippen molar-refractivity contribution < 1.29 is 0 Å². The molecule has 62 valence electrons. The highest BCUT2D eigenvalue weighted by Gasteiger charge is 2.07. The maximum Gasteiger partial charge on any atom is 0.0233 e. The molecule has 0 aliphatic heterocycles. The first-order valence-electron chi connectivity index (χ1n) is 3.94. The minimum atomic E-state index is 0.648. The predicted octanol–water partition coefficient (Wildman–Crippen LogP) is 3.69. The van der Waals surface area contributed by atoms with Crippen LogP contribution in [0.2, 0.25) is 0 Å². The van der Waals surface area contributed by atoms with Crippen molar-refractivity contribution in [2.75, 3.05) is 5.75 Å². The Hall–Kier alpha value is 0.830. The van der Waals surface area contributed by atoms with Gasteiger partial charge in [-0.05, 0) is 12.2 Å². The van der Waals surface area contributed by atoms with E-state index in [4.69, 9.17) is 0 Å². The molecule has 0 aromatic rings. The minimum Gasteiger partial charge on any atom is -0.158 e. The molecule has 0 aromatic heterocycles. The van der Waals surface area contributed by atoms with Crippen molar-refractivity contribution in [3.8, 4) is 0 Å². The van der Waals surface area contributed by atoms with Crippen LogP contribution in [0.15, 0.2) is 0 Å². The monoisotopic (exact) mass is 224 g/mol. The lowest BCUT2D eigenvalue weighted by molar-refractivity contribution is 0.883. The van der Waals surface area contributed by atoms with E-state index in [-0.39, 0.29) is 0 Å². The number of halogens is 1. The Morgan fingerprint density at radius 2 is 2.00 bits per heavy atom. The van der Waals surface area contributed by atoms with E-state index in [0.717, 1.165) is 5.25 Å². The number of alkyl halides is 1. The van der Waals surface area contributed by atoms with Gasteiger partial charge in [-0.3, -0.25) is 0 Å². The average molecular weight is 225 g/mol. The van der Waals surface area contributed by atoms with Gasteiger partial charge in [0.15, 0.2) is 0 Å². The molecule has 0 radical (unpaired) electrons. The fourth-order valence-corrected chi connectivity index (χ4v) is 2.10. The van der Waals surface area contributed by atoms with E-state index in [1.165, 1.54) is 18.6 Å². The Kier molecular flexibility index (Phi) is 7.08. The van der Waals surface area contributed by atoms with Crippen LogP contribution in [0, 0.1) is 0 Å². The Morgan fingerprint density at radius 3 is 2.40 bits per heavy atom. The predicted molar refractivity (Wildman–Crippen MR) is 55.2 cm³/mol. The molecule has 2 unspecified atom stereocenters. The van der Waals surface area contributed by atoms with Crippen LogP contribution in [-0.2, 0) is 0 Å². The lowest BCUT2D eigenvalue weighted by Crippen LogP contribution is -2.08. The van der Waals surface area contributed by atoms with Crippen LogP contribution in [0.1, 0.15) is 33.6 Å². The number of thioether (sulfide) groups is 1. The van der Waals surface area contributed by atoms with Gasteiger partial charge < -0.3 is 0 Å². The van der Waals surface area contributed by atoms with Crippen molar-refractivity contribution in [2.45, 2.75) is 43.7 Å². The van der Waals surface area contributed by atoms with Crippen LogP contribution in [0.4, 0.5) is 0 Å². The molecule has 10 heavy (non-hydrogen) atoms. The maximum absolute atomic E-state index is 3.57. The van der Waals surface area contributed by atoms with Gasteiger partial charge in [0.25, 0.3) is 0 Å². The van der Waals surface area contributed by atoms with Gasteiger partial charge in [-0.25, -0.2) is 0 Å². The molecular weight excluding hydrogens is 208 g/mol. The number of unbranched alkanes of at least 4 members (excludes halogenated alkanes) is 1. The first-order chi connectivity index (χ1) is 4.68. The second-order valence-electron chi connectivity index (χ2n) is 2.61. The molecule has 0 heterocycles. The molecule has 0 saturated heterocycles. The zero-order chi connectivity index (χ0) is 7.98. The Morgan fingerprint density at radius 1 is 1.40 bits per heavy atom. The number of hydrogen-bond donors (Lipinski definition) is 0. The summed E-state index contributed by atoms with van der Waals surface area (Å²) in [6.45, 7) is 6.73. The topological polar surface area (TPSA) is 0 Å². The zero-order valence-corrected chi connectivity index (χ0v) is 9.46. The van der Waals surface area contributed by atoms with Crippen LogP contribution in [0.5, 0.6) is 0 Å². The summed E-state index contributed by atoms with van der Waals surface area (Å²) in [4.78, 5) is 0.648. The van der Waals surface area contributed by atoms with E-state index < -0.39 is 0 Å². The molecule has 0 fully saturated rings. The highest BCUT2D eigenvalue weighted by molar-refractivity contribution is 9.09. The second-order valence-corrected chi connectivity index (χ2v) is 5.54. The van der Waals surface area contributed by atoms with Gasteiger partial charge >= 0.3 is 0 Å². The lowest BCUT2D eigenvalue weighted by atomic mass is 10.4. The Labute approximate surface area is 77.3 Å². The van der Waals surface area contributed by atoms with Crippen LogP contribution in [0.3, 0.4) is 0 Å². The third-order valence-electron chi connectivity index (χ3n) is 1.53. The van der Waals surface area contributed by atoms with Crippen molar-refractivity contribution >= 4 is 27.7 Å². The van der Waals surface area contributed by atoms with Gasteiger partial charge in [0.05, 0.1) is 0 Å². The molecule has 0 spiro atoms. The van der Waals surface area contributed by atoms with E-state index in [0.29, 0.717) is 4.83 Å². The summed E-state index contributed by atoms with van der Waals surface area (Å²) in [6.07, 6.45) is 2.67. The van der Waals surface area contributed by atoms with E-state index >= 15 is 0 Å². The Bertz CT molecular complexity index is 73.7. The van der Waals surface area contributed by atoms with Gasteiger partial charge in [0.1, 0.15) is 0 Å². The molecule has 0 aliphatic carbocycles. The summed E-state index contributed by atoms with van der Waals surface area (Å²) in [6, 6.07) is 0. The van der Waals surface area contributed by atoms with Gasteiger partial charge in [-0.2, -0.15) is 11.8 Å². The number of hydrogen-bond acceptors (Lipinski definition) is 1. The van der Waals surface area contributed by atoms with Crippen LogP contribution >= 0.6 is 27.7 Å². The molecule has 0 N–H and O–H groups in total. The van der Waals surface area contributed by atoms with Crippen LogP contribution < -0.4 is 0 Å². The molecule has 0 saturated carbocycles. The molecule has 0 nitrogen and oxygen atoms in total. The Balaban J connectivity index is 3.13. The standard InChI is InChI=1S/C8H17BrS/c1-4-5-6-10-8(3)7(2)9/h7-8H,4-6H2,1-3H3. The molecule has 2 atom stereocenters. The highest BCUT2D eigenvalue weighted by atomic mass is 79.9. The number of rotatable bonds is 5. The molecule has 2 heteroatoms. The van der Waals surface area contributed by atoms with E-state index in [2.05, 4.69) is 48.5 Å². The molecule has 0 rings (SSSR count). The first kappa shape index (κ1) is 10.8. The van der Waals surface area contributed by atoms with Gasteiger partial charge in [0.2, 0.25) is 0 Å². The zero-order valence-electron chi connectivity index (χ0n) is 7.06. The summed E-state index contributed by atoms with van der Waals surface area (Å²) in [7, 11) is 0. The molecule has 0 amide bonds. The van der Waals surface area contributed by atoms with E-state index in [1.54, 1.807) is 0 Å². The van der Waals surface area contributed by atoms with E-state index in [1.807, 2.05) is 0 Å². The quantitative estimate of drug-likeness (QED) is 0.508. The van der Waals surface area contributed by atoms with Gasteiger partial charge in [0, 0.05) is 10.1 Å². The summed E-state index contributed by atoms with van der Waals surface area (Å²) in [5, 5.41) is 0.756. The molecular formula is C8H17BrS. The van der Waals surface area contributed by atoms with Crippen molar-refractivity contribution in [3.63, 3.8) is 0 Å². The van der Waals surface area contributed by atoms with Crippen molar-refractivity contribution in [3.05, 3.63) is 0 Å². The normalized spacial score (nSPS) is 16.8. The van der Waals surface area contributed by atoms with Gasteiger partial charge in [-0.15, -0.1) is 0 Å². The smallest absolute Gasteiger partial charge is 0.0233 e. The summed E-state index contributed by atoms with van der Waals surface area (Å²) in [5.41, 5.74) is 0. The van der Waals surface area contributed by atoms with Crippen LogP contribution in [0.25, 0.3) is 0 Å². The summed E-state index contributed by atoms with van der Waals surface area (Å²) < 4.78 is 0. The fraction of sp³-hybridized carbons (Fsp3) is 1.00. The van der Waals surface area contributed by atoms with Gasteiger partial charge in [-0.1, -0.05) is 43.1 Å². The highest BCUT2D eigenvalue weighted by Crippen LogP contribution is 2.20. The van der Waals surface area contributed by atoms with E-state index in [9.17, 15) is 0 Å². The van der Waals surface area contributed by atoms with Crippen molar-refractivity contribution in [1.82, 2.24) is 0 Å². The lowest BCUT2D eigenvalue weighted by Gasteiger charge is -2.12. The largest absolute Gasteiger partial charge is 0.158 e. The second kappa shape index (κ2) is 6.53. The average Bonchev–Trinajstić information content (AvgIpc) is 1.88. The fourth-order valence-electron chi connectivity index (χ4n) is 0.546. The summed E-state index contributed by atoms with van der Waals surface area (Å²) in [5.74, 6) is 1.31. The third-order valence-corrected chi connectivity index (χ3v) is 4.13. The third kappa shape index (κ3) is 5.60. The van der Waals surface area contributed by atoms with Crippen LogP contribution in [-0.4, -0.2) is 15.8 Å². The summed E-state index contributed by atoms with van der Waals surface area (Å²) >= 11 is 5.63. The molecule has 0 aromatic carbocycles. The SMILES string of the molecule is CCCCSC(C)C(C)Br. The molecule has 0 bridgehead atoms. The maximum atomic E-state index is 3.57. The minimum absolute atomic E-state index is 0.648. The van der Waals surface area contributed by atoms with Crippen molar-refractivity contribution in [1.29, 1.82) is 0 Å². The molecule has 0 aliphatic rings. The van der Waals surface area contributed by atoms with Crippen molar-refractivity contribution in [2.24, 2.45) is 0 Å².